The summed E-state index contributed by atoms with van der Waals surface area (Å²) >= 11 is 0. The van der Waals surface area contributed by atoms with Gasteiger partial charge < -0.3 is 10.6 Å². The van der Waals surface area contributed by atoms with Crippen LogP contribution in [-0.4, -0.2) is 19.6 Å². The Bertz CT molecular complexity index is 414. The van der Waals surface area contributed by atoms with Gasteiger partial charge >= 0.3 is 0 Å². The molecule has 1 saturated heterocycles. The molecule has 0 saturated carbocycles. The Morgan fingerprint density at radius 1 is 1.35 bits per heavy atom. The fourth-order valence-corrected chi connectivity index (χ4v) is 2.25. The van der Waals surface area contributed by atoms with Crippen molar-refractivity contribution < 1.29 is 0 Å². The molecule has 1 fully saturated rings. The second-order valence-corrected chi connectivity index (χ2v) is 5.07. The van der Waals surface area contributed by atoms with Crippen LogP contribution in [0.5, 0.6) is 0 Å². The van der Waals surface area contributed by atoms with Crippen molar-refractivity contribution in [2.75, 3.05) is 25.0 Å². The summed E-state index contributed by atoms with van der Waals surface area (Å²) < 4.78 is 0. The normalized spacial score (nSPS) is 18.4. The number of hydrogen-bond donors (Lipinski definition) is 2. The molecule has 0 spiro atoms. The molecule has 0 atom stereocenters. The lowest BCUT2D eigenvalue weighted by molar-refractivity contribution is 0.247. The van der Waals surface area contributed by atoms with Gasteiger partial charge in [-0.25, -0.2) is 0 Å². The summed E-state index contributed by atoms with van der Waals surface area (Å²) in [5, 5.41) is 15.8. The van der Waals surface area contributed by atoms with Crippen LogP contribution >= 0.6 is 0 Å². The van der Waals surface area contributed by atoms with E-state index in [4.69, 9.17) is 5.26 Å². The summed E-state index contributed by atoms with van der Waals surface area (Å²) in [4.78, 5) is 0. The molecule has 3 heteroatoms. The van der Waals surface area contributed by atoms with Crippen molar-refractivity contribution in [3.63, 3.8) is 0 Å². The number of rotatable bonds is 3. The van der Waals surface area contributed by atoms with E-state index in [-0.39, 0.29) is 0 Å². The maximum absolute atomic E-state index is 9.02. The van der Waals surface area contributed by atoms with Crippen LogP contribution in [-0.2, 0) is 0 Å². The largest absolute Gasteiger partial charge is 0.383 e. The van der Waals surface area contributed by atoms with E-state index in [0.29, 0.717) is 5.41 Å². The van der Waals surface area contributed by atoms with Crippen molar-refractivity contribution >= 4 is 5.69 Å². The van der Waals surface area contributed by atoms with Gasteiger partial charge in [0.25, 0.3) is 0 Å². The highest BCUT2D eigenvalue weighted by Gasteiger charge is 2.26. The van der Waals surface area contributed by atoms with E-state index in [1.54, 1.807) is 0 Å². The van der Waals surface area contributed by atoms with Crippen LogP contribution in [0.2, 0.25) is 0 Å². The summed E-state index contributed by atoms with van der Waals surface area (Å²) in [6.45, 7) is 5.44. The lowest BCUT2D eigenvalue weighted by Crippen LogP contribution is -2.39. The molecular formula is C14H19N3. The molecular weight excluding hydrogens is 210 g/mol. The third-order valence-electron chi connectivity index (χ3n) is 3.56. The van der Waals surface area contributed by atoms with Gasteiger partial charge in [0.1, 0.15) is 6.07 Å². The molecule has 0 aromatic heterocycles. The first-order chi connectivity index (χ1) is 8.23. The first-order valence-corrected chi connectivity index (χ1v) is 6.17. The lowest BCUT2D eigenvalue weighted by Gasteiger charge is -2.34. The Morgan fingerprint density at radius 3 is 2.76 bits per heavy atom. The van der Waals surface area contributed by atoms with Gasteiger partial charge in [0.15, 0.2) is 0 Å². The number of hydrogen-bond acceptors (Lipinski definition) is 3. The predicted molar refractivity (Wildman–Crippen MR) is 69.9 cm³/mol. The van der Waals surface area contributed by atoms with Crippen molar-refractivity contribution in [3.8, 4) is 6.07 Å². The van der Waals surface area contributed by atoms with E-state index in [9.17, 15) is 0 Å². The molecule has 1 aromatic rings. The highest BCUT2D eigenvalue weighted by molar-refractivity contribution is 5.57. The van der Waals surface area contributed by atoms with Crippen molar-refractivity contribution in [1.82, 2.24) is 5.32 Å². The van der Waals surface area contributed by atoms with Gasteiger partial charge in [-0.05, 0) is 43.5 Å². The lowest BCUT2D eigenvalue weighted by atomic mass is 9.81. The summed E-state index contributed by atoms with van der Waals surface area (Å²) in [6, 6.07) is 9.92. The second kappa shape index (κ2) is 5.20. The molecule has 1 aliphatic rings. The summed E-state index contributed by atoms with van der Waals surface area (Å²) in [5.74, 6) is 0. The van der Waals surface area contributed by atoms with Gasteiger partial charge in [-0.2, -0.15) is 5.26 Å². The Labute approximate surface area is 103 Å². The zero-order valence-corrected chi connectivity index (χ0v) is 10.3. The average molecular weight is 229 g/mol. The third-order valence-corrected chi connectivity index (χ3v) is 3.56. The fourth-order valence-electron chi connectivity index (χ4n) is 2.25. The van der Waals surface area contributed by atoms with Gasteiger partial charge in [-0.1, -0.05) is 19.1 Å². The van der Waals surface area contributed by atoms with E-state index < -0.39 is 0 Å². The Hall–Kier alpha value is -1.53. The predicted octanol–water partition coefficient (Wildman–Crippen LogP) is 2.36. The van der Waals surface area contributed by atoms with E-state index in [1.165, 1.54) is 12.8 Å². The maximum atomic E-state index is 9.02. The van der Waals surface area contributed by atoms with Gasteiger partial charge in [-0.15, -0.1) is 0 Å². The molecule has 2 rings (SSSR count). The first kappa shape index (κ1) is 11.9. The summed E-state index contributed by atoms with van der Waals surface area (Å²) in [5.41, 5.74) is 2.02. The molecule has 1 heterocycles. The molecule has 0 unspecified atom stereocenters. The van der Waals surface area contributed by atoms with E-state index in [0.717, 1.165) is 30.9 Å². The molecule has 0 radical (unpaired) electrons. The fraction of sp³-hybridized carbons (Fsp3) is 0.500. The number of piperidine rings is 1. The Kier molecular flexibility index (Phi) is 3.65. The van der Waals surface area contributed by atoms with Gasteiger partial charge in [0.05, 0.1) is 11.3 Å². The molecule has 17 heavy (non-hydrogen) atoms. The average Bonchev–Trinajstić information content (AvgIpc) is 2.38. The summed E-state index contributed by atoms with van der Waals surface area (Å²) in [7, 11) is 0. The molecule has 90 valence electrons. The van der Waals surface area contributed by atoms with E-state index >= 15 is 0 Å². The standard InChI is InChI=1S/C14H19N3/c1-14(6-8-16-9-7-14)11-17-13-5-3-2-4-12(13)10-15/h2-5,16-17H,6-9,11H2,1H3. The summed E-state index contributed by atoms with van der Waals surface area (Å²) in [6.07, 6.45) is 2.38. The Balaban J connectivity index is 2.00. The molecule has 0 bridgehead atoms. The number of nitriles is 1. The minimum Gasteiger partial charge on any atom is -0.383 e. The minimum atomic E-state index is 0.341. The first-order valence-electron chi connectivity index (χ1n) is 6.17. The van der Waals surface area contributed by atoms with Crippen LogP contribution in [0.1, 0.15) is 25.3 Å². The van der Waals surface area contributed by atoms with Crippen molar-refractivity contribution in [2.24, 2.45) is 5.41 Å². The van der Waals surface area contributed by atoms with Crippen LogP contribution in [0.4, 0.5) is 5.69 Å². The van der Waals surface area contributed by atoms with E-state index in [1.807, 2.05) is 24.3 Å². The monoisotopic (exact) mass is 229 g/mol. The quantitative estimate of drug-likeness (QED) is 0.836. The van der Waals surface area contributed by atoms with Crippen LogP contribution in [0.25, 0.3) is 0 Å². The number of benzene rings is 1. The van der Waals surface area contributed by atoms with Crippen molar-refractivity contribution in [2.45, 2.75) is 19.8 Å². The molecule has 2 N–H and O–H groups in total. The zero-order valence-electron chi connectivity index (χ0n) is 10.3. The SMILES string of the molecule is CC1(CNc2ccccc2C#N)CCNCC1. The highest BCUT2D eigenvalue weighted by Crippen LogP contribution is 2.28. The number of nitrogens with one attached hydrogen (secondary N) is 2. The third kappa shape index (κ3) is 2.98. The van der Waals surface area contributed by atoms with Crippen LogP contribution in [0, 0.1) is 16.7 Å². The zero-order chi connectivity index (χ0) is 12.1. The number of para-hydroxylation sites is 1. The minimum absolute atomic E-state index is 0.341. The second-order valence-electron chi connectivity index (χ2n) is 5.07. The number of nitrogens with zero attached hydrogens (tertiary/aromatic N) is 1. The van der Waals surface area contributed by atoms with Crippen molar-refractivity contribution in [1.29, 1.82) is 5.26 Å². The van der Waals surface area contributed by atoms with Crippen LogP contribution < -0.4 is 10.6 Å². The van der Waals surface area contributed by atoms with Crippen LogP contribution in [0.3, 0.4) is 0 Å². The van der Waals surface area contributed by atoms with Gasteiger partial charge in [-0.3, -0.25) is 0 Å². The van der Waals surface area contributed by atoms with Gasteiger partial charge in [0.2, 0.25) is 0 Å². The Morgan fingerprint density at radius 2 is 2.06 bits per heavy atom. The van der Waals surface area contributed by atoms with Gasteiger partial charge in [0, 0.05) is 6.54 Å². The number of anilines is 1. The molecule has 0 aliphatic carbocycles. The molecule has 3 nitrogen and oxygen atoms in total. The van der Waals surface area contributed by atoms with Crippen molar-refractivity contribution in [3.05, 3.63) is 29.8 Å². The van der Waals surface area contributed by atoms with E-state index in [2.05, 4.69) is 23.6 Å². The molecule has 1 aliphatic heterocycles. The van der Waals surface area contributed by atoms with Crippen LogP contribution in [0.15, 0.2) is 24.3 Å². The highest BCUT2D eigenvalue weighted by atomic mass is 14.9. The maximum Gasteiger partial charge on any atom is 0.101 e. The molecule has 1 aromatic carbocycles. The topological polar surface area (TPSA) is 47.9 Å². The molecule has 0 amide bonds. The smallest absolute Gasteiger partial charge is 0.101 e.